The quantitative estimate of drug-likeness (QED) is 0.129. The highest BCUT2D eigenvalue weighted by atomic mass is 16.6. The first-order chi connectivity index (χ1) is 19.1. The van der Waals surface area contributed by atoms with E-state index in [0.717, 1.165) is 12.8 Å². The number of unbranched alkanes of at least 4 members (excludes halogenated alkanes) is 19. The van der Waals surface area contributed by atoms with Crippen molar-refractivity contribution < 1.29 is 19.7 Å². The summed E-state index contributed by atoms with van der Waals surface area (Å²) in [6.07, 6.45) is 24.8. The lowest BCUT2D eigenvalue weighted by molar-refractivity contribution is -0.0748. The Bertz CT molecular complexity index is 790. The molecule has 2 heterocycles. The van der Waals surface area contributed by atoms with Crippen molar-refractivity contribution in [1.29, 1.82) is 0 Å². The van der Waals surface area contributed by atoms with Gasteiger partial charge in [0.2, 0.25) is 0 Å². The predicted molar refractivity (Wildman–Crippen MR) is 158 cm³/mol. The smallest absolute Gasteiger partial charge is 0.351 e. The van der Waals surface area contributed by atoms with Crippen LogP contribution in [0.3, 0.4) is 0 Å². The molecule has 1 aliphatic rings. The van der Waals surface area contributed by atoms with Gasteiger partial charge in [-0.05, 0) is 12.5 Å². The third-order valence-corrected chi connectivity index (χ3v) is 7.93. The van der Waals surface area contributed by atoms with E-state index in [4.69, 9.17) is 15.2 Å². The van der Waals surface area contributed by atoms with Crippen LogP contribution in [0.15, 0.2) is 17.1 Å². The van der Waals surface area contributed by atoms with E-state index in [-0.39, 0.29) is 12.4 Å². The van der Waals surface area contributed by atoms with Crippen LogP contribution in [-0.2, 0) is 9.47 Å². The zero-order chi connectivity index (χ0) is 28.1. The van der Waals surface area contributed by atoms with Gasteiger partial charge in [-0.25, -0.2) is 4.79 Å². The van der Waals surface area contributed by atoms with Gasteiger partial charge in [0.15, 0.2) is 6.23 Å². The Morgan fingerprint density at radius 3 is 1.74 bits per heavy atom. The normalized spacial score (nSPS) is 21.1. The summed E-state index contributed by atoms with van der Waals surface area (Å²) >= 11 is 0. The minimum Gasteiger partial charge on any atom is -0.394 e. The maximum Gasteiger partial charge on any atom is 0.351 e. The van der Waals surface area contributed by atoms with E-state index < -0.39 is 30.2 Å². The van der Waals surface area contributed by atoms with E-state index in [1.807, 2.05) is 0 Å². The molecule has 0 aromatic carbocycles. The van der Waals surface area contributed by atoms with Crippen molar-refractivity contribution in [2.45, 2.75) is 160 Å². The molecule has 0 spiro atoms. The first-order valence-corrected chi connectivity index (χ1v) is 16.0. The third kappa shape index (κ3) is 13.6. The van der Waals surface area contributed by atoms with Gasteiger partial charge in [0, 0.05) is 12.8 Å². The van der Waals surface area contributed by atoms with Crippen LogP contribution in [0.4, 0.5) is 5.82 Å². The monoisotopic (exact) mass is 551 g/mol. The number of rotatable bonds is 24. The molecule has 39 heavy (non-hydrogen) atoms. The maximum atomic E-state index is 12.2. The van der Waals surface area contributed by atoms with Crippen molar-refractivity contribution >= 4 is 5.82 Å². The highest BCUT2D eigenvalue weighted by molar-refractivity contribution is 5.23. The second kappa shape index (κ2) is 21.3. The molecule has 2 rings (SSSR count). The molecule has 1 aliphatic heterocycles. The van der Waals surface area contributed by atoms with E-state index in [2.05, 4.69) is 11.9 Å². The minimum absolute atomic E-state index is 0.121. The van der Waals surface area contributed by atoms with E-state index in [1.165, 1.54) is 132 Å². The van der Waals surface area contributed by atoms with Crippen molar-refractivity contribution in [1.82, 2.24) is 9.55 Å². The number of aromatic nitrogens is 2. The number of anilines is 1. The summed E-state index contributed by atoms with van der Waals surface area (Å²) < 4.78 is 12.9. The Balaban J connectivity index is 1.42. The summed E-state index contributed by atoms with van der Waals surface area (Å²) in [5.74, 6) is 0.121. The Hall–Kier alpha value is -1.48. The molecular formula is C31H57N3O5. The van der Waals surface area contributed by atoms with Crippen molar-refractivity contribution in [3.8, 4) is 0 Å². The molecule has 2 unspecified atom stereocenters. The maximum absolute atomic E-state index is 12.2. The van der Waals surface area contributed by atoms with Crippen LogP contribution >= 0.6 is 0 Å². The third-order valence-electron chi connectivity index (χ3n) is 7.93. The van der Waals surface area contributed by atoms with Gasteiger partial charge < -0.3 is 25.4 Å². The number of aliphatic hydroxyl groups is 2. The fraction of sp³-hybridized carbons (Fsp3) is 0.871. The van der Waals surface area contributed by atoms with E-state index >= 15 is 0 Å². The molecule has 0 amide bonds. The number of aliphatic hydroxyl groups excluding tert-OH is 2. The Morgan fingerprint density at radius 1 is 0.846 bits per heavy atom. The summed E-state index contributed by atoms with van der Waals surface area (Å²) in [6.45, 7) is 2.40. The molecule has 1 aromatic rings. The van der Waals surface area contributed by atoms with E-state index in [1.54, 1.807) is 0 Å². The van der Waals surface area contributed by atoms with Gasteiger partial charge >= 0.3 is 5.69 Å². The van der Waals surface area contributed by atoms with Gasteiger partial charge in [0.1, 0.15) is 24.1 Å². The van der Waals surface area contributed by atoms with Gasteiger partial charge in [-0.3, -0.25) is 4.57 Å². The van der Waals surface area contributed by atoms with Gasteiger partial charge in [0.05, 0.1) is 6.61 Å². The number of nitrogen functional groups attached to an aromatic ring is 1. The van der Waals surface area contributed by atoms with Crippen LogP contribution in [0.2, 0.25) is 0 Å². The molecule has 0 radical (unpaired) electrons. The lowest BCUT2D eigenvalue weighted by Gasteiger charge is -2.22. The van der Waals surface area contributed by atoms with Crippen LogP contribution in [-0.4, -0.2) is 51.3 Å². The molecule has 0 saturated carbocycles. The average molecular weight is 552 g/mol. The molecule has 226 valence electrons. The molecule has 8 nitrogen and oxygen atoms in total. The molecule has 0 bridgehead atoms. The van der Waals surface area contributed by atoms with E-state index in [0.29, 0.717) is 6.61 Å². The Morgan fingerprint density at radius 2 is 1.31 bits per heavy atom. The predicted octanol–water partition coefficient (Wildman–Crippen LogP) is 6.28. The van der Waals surface area contributed by atoms with Crippen LogP contribution in [0.5, 0.6) is 0 Å². The standard InChI is InChI=1S/C31H57N3O5/c1-2-3-4-5-6-7-8-9-10-11-12-13-14-15-16-17-18-19-20-21-24-38-29-28(36)26(25-35)39-30(29)34-23-22-27(32)33-31(34)37/h22-23,26,28-30,35-36H,2-21,24-25H2,1H3,(H2,32,33,37)/t26-,28?,29?,30-/m1/s1. The second-order valence-corrected chi connectivity index (χ2v) is 11.3. The Kier molecular flexibility index (Phi) is 18.4. The van der Waals surface area contributed by atoms with Gasteiger partial charge in [-0.2, -0.15) is 4.98 Å². The fourth-order valence-corrected chi connectivity index (χ4v) is 5.47. The highest BCUT2D eigenvalue weighted by Gasteiger charge is 2.45. The molecule has 1 aromatic heterocycles. The fourth-order valence-electron chi connectivity index (χ4n) is 5.47. The minimum atomic E-state index is -1.02. The molecule has 8 heteroatoms. The van der Waals surface area contributed by atoms with Crippen LogP contribution < -0.4 is 11.4 Å². The van der Waals surface area contributed by atoms with Gasteiger partial charge in [0.25, 0.3) is 0 Å². The molecule has 1 saturated heterocycles. The first-order valence-electron chi connectivity index (χ1n) is 16.0. The van der Waals surface area contributed by atoms with Gasteiger partial charge in [-0.15, -0.1) is 0 Å². The summed E-state index contributed by atoms with van der Waals surface area (Å²) in [7, 11) is 0. The molecule has 1 fully saturated rings. The number of hydrogen-bond acceptors (Lipinski definition) is 7. The lowest BCUT2D eigenvalue weighted by atomic mass is 10.0. The summed E-state index contributed by atoms with van der Waals surface area (Å²) in [6, 6.07) is 1.50. The van der Waals surface area contributed by atoms with E-state index in [9.17, 15) is 15.0 Å². The lowest BCUT2D eigenvalue weighted by Crippen LogP contribution is -2.38. The molecule has 4 N–H and O–H groups in total. The number of nitrogens with two attached hydrogens (primary N) is 1. The SMILES string of the molecule is CCCCCCCCCCCCCCCCCCCCCCOC1C(O)[C@@H](CO)O[C@H]1n1ccc(N)nc1=O. The zero-order valence-corrected chi connectivity index (χ0v) is 24.6. The van der Waals surface area contributed by atoms with Gasteiger partial charge in [-0.1, -0.05) is 129 Å². The van der Waals surface area contributed by atoms with Crippen molar-refractivity contribution in [2.24, 2.45) is 0 Å². The summed E-state index contributed by atoms with van der Waals surface area (Å²) in [5.41, 5.74) is 5.00. The van der Waals surface area contributed by atoms with Crippen LogP contribution in [0.25, 0.3) is 0 Å². The van der Waals surface area contributed by atoms with Crippen molar-refractivity contribution in [2.75, 3.05) is 18.9 Å². The number of ether oxygens (including phenoxy) is 2. The topological polar surface area (TPSA) is 120 Å². The molecular weight excluding hydrogens is 494 g/mol. The van der Waals surface area contributed by atoms with Crippen LogP contribution in [0.1, 0.15) is 142 Å². The molecule has 0 aliphatic carbocycles. The summed E-state index contributed by atoms with van der Waals surface area (Å²) in [5, 5.41) is 20.0. The first kappa shape index (κ1) is 33.7. The average Bonchev–Trinajstić information content (AvgIpc) is 3.24. The van der Waals surface area contributed by atoms with Crippen LogP contribution in [0, 0.1) is 0 Å². The Labute approximate surface area is 236 Å². The second-order valence-electron chi connectivity index (χ2n) is 11.3. The molecule has 4 atom stereocenters. The zero-order valence-electron chi connectivity index (χ0n) is 24.6. The highest BCUT2D eigenvalue weighted by Crippen LogP contribution is 2.31. The number of nitrogens with zero attached hydrogens (tertiary/aromatic N) is 2. The van der Waals surface area contributed by atoms with Crippen molar-refractivity contribution in [3.05, 3.63) is 22.7 Å². The number of hydrogen-bond donors (Lipinski definition) is 3. The summed E-state index contributed by atoms with van der Waals surface area (Å²) in [4.78, 5) is 16.0. The largest absolute Gasteiger partial charge is 0.394 e. The van der Waals surface area contributed by atoms with Crippen molar-refractivity contribution in [3.63, 3.8) is 0 Å².